The first kappa shape index (κ1) is 20.9. The highest BCUT2D eigenvalue weighted by Gasteiger charge is 2.44. The van der Waals surface area contributed by atoms with Gasteiger partial charge in [-0.05, 0) is 62.8 Å². The molecule has 0 amide bonds. The molecule has 3 atom stereocenters. The van der Waals surface area contributed by atoms with E-state index in [4.69, 9.17) is 5.11 Å². The van der Waals surface area contributed by atoms with E-state index in [0.29, 0.717) is 18.3 Å². The van der Waals surface area contributed by atoms with Crippen LogP contribution in [0.4, 0.5) is 0 Å². The van der Waals surface area contributed by atoms with Gasteiger partial charge in [-0.2, -0.15) is 0 Å². The molecule has 3 nitrogen and oxygen atoms in total. The molecule has 3 rings (SSSR count). The van der Waals surface area contributed by atoms with Gasteiger partial charge in [0.2, 0.25) is 0 Å². The van der Waals surface area contributed by atoms with Crippen molar-refractivity contribution in [1.82, 2.24) is 0 Å². The molecule has 0 aromatic carbocycles. The van der Waals surface area contributed by atoms with Gasteiger partial charge in [0.15, 0.2) is 0 Å². The van der Waals surface area contributed by atoms with Gasteiger partial charge in [0.25, 0.3) is 0 Å². The van der Waals surface area contributed by atoms with Crippen LogP contribution >= 0.6 is 0 Å². The number of rotatable bonds is 4. The maximum absolute atomic E-state index is 10.7. The van der Waals surface area contributed by atoms with Crippen LogP contribution < -0.4 is 5.73 Å². The van der Waals surface area contributed by atoms with Crippen LogP contribution in [0.2, 0.25) is 0 Å². The van der Waals surface area contributed by atoms with Crippen molar-refractivity contribution in [2.24, 2.45) is 29.4 Å². The molecule has 0 bridgehead atoms. The molecule has 1 saturated carbocycles. The number of fused-ring (bicyclic) bond motifs is 1. The van der Waals surface area contributed by atoms with E-state index in [1.54, 1.807) is 5.57 Å². The number of carboxylic acids is 1. The van der Waals surface area contributed by atoms with Gasteiger partial charge in [-0.3, -0.25) is 4.79 Å². The first-order valence-electron chi connectivity index (χ1n) is 8.36. The standard InChI is InChI=1S/C15H20O2.C2H6.CH5N.CH4/c16-15(17)9-13-8-12-6-11(7-14(12)13)5-10-3-1-2-4-10;2*1-2;/h1-2,7,10,12-14H,3-6,8-9H2,(H,16,17);1-2H3;2H2,1H3;1H4/t12-,13?,14?;;;/m1.../s1. The van der Waals surface area contributed by atoms with E-state index in [-0.39, 0.29) is 7.43 Å². The van der Waals surface area contributed by atoms with Crippen molar-refractivity contribution in [3.8, 4) is 0 Å². The van der Waals surface area contributed by atoms with Crippen molar-refractivity contribution >= 4 is 5.97 Å². The van der Waals surface area contributed by atoms with Crippen molar-refractivity contribution in [3.63, 3.8) is 0 Å². The molecule has 22 heavy (non-hydrogen) atoms. The minimum absolute atomic E-state index is 0. The maximum Gasteiger partial charge on any atom is 0.303 e. The lowest BCUT2D eigenvalue weighted by molar-refractivity contribution is -0.139. The van der Waals surface area contributed by atoms with Gasteiger partial charge in [0.05, 0.1) is 0 Å². The van der Waals surface area contributed by atoms with Crippen LogP contribution in [-0.4, -0.2) is 18.1 Å². The van der Waals surface area contributed by atoms with E-state index in [1.807, 2.05) is 13.8 Å². The van der Waals surface area contributed by atoms with Gasteiger partial charge in [-0.25, -0.2) is 0 Å². The lowest BCUT2D eigenvalue weighted by Crippen LogP contribution is -2.34. The molecule has 3 N–H and O–H groups in total. The predicted molar refractivity (Wildman–Crippen MR) is 94.7 cm³/mol. The molecule has 0 heterocycles. The van der Waals surface area contributed by atoms with Crippen molar-refractivity contribution in [2.45, 2.75) is 59.8 Å². The van der Waals surface area contributed by atoms with Gasteiger partial charge < -0.3 is 10.8 Å². The summed E-state index contributed by atoms with van der Waals surface area (Å²) in [5, 5.41) is 8.84. The fraction of sp³-hybridized carbons (Fsp3) is 0.737. The lowest BCUT2D eigenvalue weighted by atomic mass is 9.65. The van der Waals surface area contributed by atoms with E-state index in [1.165, 1.54) is 32.7 Å². The number of carbonyl (C=O) groups is 1. The largest absolute Gasteiger partial charge is 0.481 e. The van der Waals surface area contributed by atoms with Crippen LogP contribution in [0.25, 0.3) is 0 Å². The molecule has 128 valence electrons. The summed E-state index contributed by atoms with van der Waals surface area (Å²) in [7, 11) is 1.50. The van der Waals surface area contributed by atoms with Crippen LogP contribution in [0.1, 0.15) is 59.8 Å². The number of nitrogens with two attached hydrogens (primary N) is 1. The van der Waals surface area contributed by atoms with Crippen LogP contribution in [0.15, 0.2) is 23.8 Å². The van der Waals surface area contributed by atoms with E-state index in [9.17, 15) is 4.79 Å². The van der Waals surface area contributed by atoms with Gasteiger partial charge in [-0.15, -0.1) is 0 Å². The first-order chi connectivity index (χ1) is 10.2. The Labute approximate surface area is 136 Å². The highest BCUT2D eigenvalue weighted by atomic mass is 16.4. The predicted octanol–water partition coefficient (Wildman–Crippen LogP) is 4.64. The number of hydrogen-bond acceptors (Lipinski definition) is 2. The lowest BCUT2D eigenvalue weighted by Gasteiger charge is -2.39. The van der Waals surface area contributed by atoms with Crippen LogP contribution in [0.5, 0.6) is 0 Å². The summed E-state index contributed by atoms with van der Waals surface area (Å²) in [5.41, 5.74) is 6.11. The number of carboxylic acid groups (broad SMARTS) is 1. The molecule has 3 heteroatoms. The van der Waals surface area contributed by atoms with Crippen LogP contribution in [0, 0.1) is 23.7 Å². The topological polar surface area (TPSA) is 63.3 Å². The highest BCUT2D eigenvalue weighted by Crippen LogP contribution is 2.52. The number of aliphatic carboxylic acids is 1. The highest BCUT2D eigenvalue weighted by molar-refractivity contribution is 5.67. The Morgan fingerprint density at radius 3 is 2.41 bits per heavy atom. The van der Waals surface area contributed by atoms with Gasteiger partial charge in [0.1, 0.15) is 0 Å². The SMILES string of the molecule is C.CC.CN.O=C(O)CC1C[C@H]2CC(CC3CC=CC3)=CC12. The zero-order valence-corrected chi connectivity index (χ0v) is 13.7. The van der Waals surface area contributed by atoms with Crippen molar-refractivity contribution in [3.05, 3.63) is 23.8 Å². The summed E-state index contributed by atoms with van der Waals surface area (Å²) in [6.07, 6.45) is 13.5. The normalized spacial score (nSPS) is 28.0. The Morgan fingerprint density at radius 1 is 1.27 bits per heavy atom. The van der Waals surface area contributed by atoms with E-state index in [0.717, 1.165) is 18.3 Å². The monoisotopic (exact) mass is 309 g/mol. The fourth-order valence-electron chi connectivity index (χ4n) is 3.87. The molecular weight excluding hydrogens is 274 g/mol. The third kappa shape index (κ3) is 5.28. The molecule has 0 aliphatic heterocycles. The Morgan fingerprint density at radius 2 is 1.86 bits per heavy atom. The minimum Gasteiger partial charge on any atom is -0.481 e. The molecule has 0 radical (unpaired) electrons. The number of hydrogen-bond donors (Lipinski definition) is 2. The fourth-order valence-corrected chi connectivity index (χ4v) is 3.87. The molecule has 0 aromatic rings. The van der Waals surface area contributed by atoms with Gasteiger partial charge in [0, 0.05) is 6.42 Å². The van der Waals surface area contributed by atoms with Crippen molar-refractivity contribution < 1.29 is 9.90 Å². The van der Waals surface area contributed by atoms with Gasteiger partial charge in [-0.1, -0.05) is 45.1 Å². The van der Waals surface area contributed by atoms with E-state index >= 15 is 0 Å². The van der Waals surface area contributed by atoms with Crippen molar-refractivity contribution in [2.75, 3.05) is 7.05 Å². The summed E-state index contributed by atoms with van der Waals surface area (Å²) >= 11 is 0. The maximum atomic E-state index is 10.7. The second-order valence-electron chi connectivity index (χ2n) is 5.97. The molecular formula is C19H35NO2. The molecule has 3 aliphatic carbocycles. The van der Waals surface area contributed by atoms with Crippen molar-refractivity contribution in [1.29, 1.82) is 0 Å². The average Bonchev–Trinajstić information content (AvgIpc) is 3.10. The van der Waals surface area contributed by atoms with Crippen LogP contribution in [0.3, 0.4) is 0 Å². The molecule has 0 saturated heterocycles. The first-order valence-corrected chi connectivity index (χ1v) is 8.36. The summed E-state index contributed by atoms with van der Waals surface area (Å²) in [5.74, 6) is 2.00. The second kappa shape index (κ2) is 10.6. The second-order valence-corrected chi connectivity index (χ2v) is 5.97. The minimum atomic E-state index is -0.629. The Bertz CT molecular complexity index is 379. The summed E-state index contributed by atoms with van der Waals surface area (Å²) in [6, 6.07) is 0. The zero-order valence-electron chi connectivity index (χ0n) is 13.7. The molecule has 2 unspecified atom stereocenters. The summed E-state index contributed by atoms with van der Waals surface area (Å²) in [6.45, 7) is 4.00. The Balaban J connectivity index is 0.000000819. The summed E-state index contributed by atoms with van der Waals surface area (Å²) < 4.78 is 0. The van der Waals surface area contributed by atoms with E-state index in [2.05, 4.69) is 24.0 Å². The smallest absolute Gasteiger partial charge is 0.303 e. The summed E-state index contributed by atoms with van der Waals surface area (Å²) in [4.78, 5) is 10.7. The molecule has 1 fully saturated rings. The number of allylic oxidation sites excluding steroid dienone is 4. The molecule has 0 spiro atoms. The Hall–Kier alpha value is -1.09. The zero-order chi connectivity index (χ0) is 15.8. The quantitative estimate of drug-likeness (QED) is 0.744. The van der Waals surface area contributed by atoms with Gasteiger partial charge >= 0.3 is 5.97 Å². The average molecular weight is 309 g/mol. The Kier molecular flexibility index (Phi) is 10.1. The third-order valence-corrected chi connectivity index (χ3v) is 4.74. The van der Waals surface area contributed by atoms with E-state index < -0.39 is 5.97 Å². The molecule has 0 aromatic heterocycles. The van der Waals surface area contributed by atoms with Crippen LogP contribution in [-0.2, 0) is 4.79 Å². The third-order valence-electron chi connectivity index (χ3n) is 4.74. The molecule has 3 aliphatic rings.